The molecule has 4 heteroatoms. The summed E-state index contributed by atoms with van der Waals surface area (Å²) in [6, 6.07) is 13.4. The zero-order valence-electron chi connectivity index (χ0n) is 13.4. The summed E-state index contributed by atoms with van der Waals surface area (Å²) in [7, 11) is 0. The molecule has 0 atom stereocenters. The topological polar surface area (TPSA) is 43.4 Å². The Hall–Kier alpha value is -2.52. The van der Waals surface area contributed by atoms with E-state index in [-0.39, 0.29) is 5.63 Å². The summed E-state index contributed by atoms with van der Waals surface area (Å²) in [4.78, 5) is 12.1. The van der Waals surface area contributed by atoms with E-state index in [9.17, 15) is 4.79 Å². The molecule has 0 bridgehead atoms. The molecule has 24 heavy (non-hydrogen) atoms. The predicted molar refractivity (Wildman–Crippen MR) is 96.7 cm³/mol. The molecule has 0 unspecified atom stereocenters. The average Bonchev–Trinajstić information content (AvgIpc) is 2.92. The van der Waals surface area contributed by atoms with Crippen LogP contribution >= 0.6 is 11.6 Å². The molecular weight excluding hydrogens is 324 g/mol. The van der Waals surface area contributed by atoms with Gasteiger partial charge in [0.1, 0.15) is 16.9 Å². The minimum Gasteiger partial charge on any atom is -0.459 e. The van der Waals surface area contributed by atoms with Gasteiger partial charge in [0.2, 0.25) is 0 Å². The standard InChI is InChI=1S/C20H15ClO3/c1-11-14-8-16-15(13-6-4-3-5-7-13)9-18(22)24-20(16)12(2)19(14)23-17(11)10-21/h3-9H,10H2,1-2H3. The van der Waals surface area contributed by atoms with Crippen LogP contribution in [0.2, 0.25) is 0 Å². The van der Waals surface area contributed by atoms with Crippen LogP contribution in [0.4, 0.5) is 0 Å². The Morgan fingerprint density at radius 3 is 2.33 bits per heavy atom. The van der Waals surface area contributed by atoms with Crippen LogP contribution in [-0.2, 0) is 5.88 Å². The number of furan rings is 1. The second kappa shape index (κ2) is 5.53. The van der Waals surface area contributed by atoms with E-state index < -0.39 is 0 Å². The van der Waals surface area contributed by atoms with Crippen molar-refractivity contribution >= 4 is 33.5 Å². The first-order chi connectivity index (χ1) is 11.6. The molecule has 0 amide bonds. The highest BCUT2D eigenvalue weighted by Gasteiger charge is 2.18. The molecule has 4 aromatic rings. The molecule has 0 aliphatic rings. The van der Waals surface area contributed by atoms with Gasteiger partial charge >= 0.3 is 5.63 Å². The Morgan fingerprint density at radius 2 is 1.62 bits per heavy atom. The molecule has 4 rings (SSSR count). The van der Waals surface area contributed by atoms with Gasteiger partial charge in [-0.25, -0.2) is 4.79 Å². The van der Waals surface area contributed by atoms with Crippen LogP contribution in [0.3, 0.4) is 0 Å². The number of hydrogen-bond acceptors (Lipinski definition) is 3. The third kappa shape index (κ3) is 2.16. The Balaban J connectivity index is 2.19. The van der Waals surface area contributed by atoms with Crippen LogP contribution in [0.5, 0.6) is 0 Å². The summed E-state index contributed by atoms with van der Waals surface area (Å²) in [5.74, 6) is 1.06. The number of aryl methyl sites for hydroxylation is 2. The van der Waals surface area contributed by atoms with Gasteiger partial charge in [-0.3, -0.25) is 0 Å². The highest BCUT2D eigenvalue weighted by atomic mass is 35.5. The number of benzene rings is 2. The molecule has 0 radical (unpaired) electrons. The van der Waals surface area contributed by atoms with Gasteiger partial charge in [-0.2, -0.15) is 0 Å². The molecule has 0 saturated carbocycles. The molecule has 2 aromatic carbocycles. The summed E-state index contributed by atoms with van der Waals surface area (Å²) >= 11 is 5.97. The fourth-order valence-corrected chi connectivity index (χ4v) is 3.44. The predicted octanol–water partition coefficient (Wildman–Crippen LogP) is 5.56. The maximum atomic E-state index is 12.1. The van der Waals surface area contributed by atoms with Crippen molar-refractivity contribution in [3.8, 4) is 11.1 Å². The molecule has 120 valence electrons. The van der Waals surface area contributed by atoms with Gasteiger partial charge in [0, 0.05) is 22.4 Å². The Labute approximate surface area is 143 Å². The maximum absolute atomic E-state index is 12.1. The fourth-order valence-electron chi connectivity index (χ4n) is 3.18. The minimum atomic E-state index is -0.371. The first kappa shape index (κ1) is 15.0. The molecular formula is C20H15ClO3. The summed E-state index contributed by atoms with van der Waals surface area (Å²) in [6.07, 6.45) is 0. The summed E-state index contributed by atoms with van der Waals surface area (Å²) < 4.78 is 11.4. The van der Waals surface area contributed by atoms with Gasteiger partial charge < -0.3 is 8.83 Å². The third-order valence-electron chi connectivity index (χ3n) is 4.47. The van der Waals surface area contributed by atoms with Crippen LogP contribution in [-0.4, -0.2) is 0 Å². The minimum absolute atomic E-state index is 0.311. The van der Waals surface area contributed by atoms with Crippen molar-refractivity contribution in [1.29, 1.82) is 0 Å². The van der Waals surface area contributed by atoms with E-state index in [0.29, 0.717) is 11.5 Å². The van der Waals surface area contributed by atoms with E-state index in [4.69, 9.17) is 20.4 Å². The van der Waals surface area contributed by atoms with E-state index in [0.717, 1.165) is 44.4 Å². The maximum Gasteiger partial charge on any atom is 0.336 e. The summed E-state index contributed by atoms with van der Waals surface area (Å²) in [5, 5.41) is 1.90. The van der Waals surface area contributed by atoms with Crippen molar-refractivity contribution in [1.82, 2.24) is 0 Å². The lowest BCUT2D eigenvalue weighted by Crippen LogP contribution is -1.99. The second-order valence-electron chi connectivity index (χ2n) is 5.88. The van der Waals surface area contributed by atoms with Crippen molar-refractivity contribution in [2.24, 2.45) is 0 Å². The summed E-state index contributed by atoms with van der Waals surface area (Å²) in [5.41, 5.74) is 4.59. The highest BCUT2D eigenvalue weighted by Crippen LogP contribution is 2.37. The Morgan fingerprint density at radius 1 is 0.917 bits per heavy atom. The average molecular weight is 339 g/mol. The zero-order chi connectivity index (χ0) is 16.8. The zero-order valence-corrected chi connectivity index (χ0v) is 14.1. The van der Waals surface area contributed by atoms with Gasteiger partial charge in [-0.05, 0) is 36.6 Å². The van der Waals surface area contributed by atoms with E-state index >= 15 is 0 Å². The van der Waals surface area contributed by atoms with Crippen molar-refractivity contribution < 1.29 is 8.83 Å². The van der Waals surface area contributed by atoms with Crippen molar-refractivity contribution in [3.63, 3.8) is 0 Å². The van der Waals surface area contributed by atoms with Crippen LogP contribution in [0.15, 0.2) is 56.1 Å². The van der Waals surface area contributed by atoms with Crippen molar-refractivity contribution in [2.75, 3.05) is 0 Å². The van der Waals surface area contributed by atoms with Crippen LogP contribution in [0, 0.1) is 13.8 Å². The molecule has 0 aliphatic heterocycles. The van der Waals surface area contributed by atoms with E-state index in [1.807, 2.05) is 50.2 Å². The molecule has 0 saturated heterocycles. The molecule has 0 aliphatic carbocycles. The van der Waals surface area contributed by atoms with Crippen molar-refractivity contribution in [2.45, 2.75) is 19.7 Å². The highest BCUT2D eigenvalue weighted by molar-refractivity contribution is 6.17. The number of rotatable bonds is 2. The van der Waals surface area contributed by atoms with Gasteiger partial charge in [0.25, 0.3) is 0 Å². The SMILES string of the molecule is Cc1c(CCl)oc2c(C)c3oc(=O)cc(-c4ccccc4)c3cc12. The van der Waals surface area contributed by atoms with E-state index in [1.54, 1.807) is 6.07 Å². The molecule has 2 aromatic heterocycles. The van der Waals surface area contributed by atoms with Crippen LogP contribution < -0.4 is 5.63 Å². The van der Waals surface area contributed by atoms with Gasteiger partial charge in [0.05, 0.1) is 5.88 Å². The van der Waals surface area contributed by atoms with E-state index in [2.05, 4.69) is 0 Å². The normalized spacial score (nSPS) is 11.5. The van der Waals surface area contributed by atoms with Crippen LogP contribution in [0.25, 0.3) is 33.1 Å². The molecule has 3 nitrogen and oxygen atoms in total. The quantitative estimate of drug-likeness (QED) is 0.355. The molecule has 2 heterocycles. The van der Waals surface area contributed by atoms with Gasteiger partial charge in [-0.15, -0.1) is 11.6 Å². The first-order valence-electron chi connectivity index (χ1n) is 7.71. The molecule has 0 fully saturated rings. The number of fused-ring (bicyclic) bond motifs is 2. The number of hydrogen-bond donors (Lipinski definition) is 0. The fraction of sp³-hybridized carbons (Fsp3) is 0.150. The Bertz CT molecular complexity index is 1120. The smallest absolute Gasteiger partial charge is 0.336 e. The van der Waals surface area contributed by atoms with Gasteiger partial charge in [0.15, 0.2) is 0 Å². The molecule has 0 spiro atoms. The van der Waals surface area contributed by atoms with Crippen LogP contribution in [0.1, 0.15) is 16.9 Å². The number of alkyl halides is 1. The largest absolute Gasteiger partial charge is 0.459 e. The monoisotopic (exact) mass is 338 g/mol. The van der Waals surface area contributed by atoms with Crippen molar-refractivity contribution in [3.05, 3.63) is 69.8 Å². The van der Waals surface area contributed by atoms with Gasteiger partial charge in [-0.1, -0.05) is 30.3 Å². The summed E-state index contributed by atoms with van der Waals surface area (Å²) in [6.45, 7) is 3.90. The lowest BCUT2D eigenvalue weighted by atomic mass is 9.98. The number of halogens is 1. The van der Waals surface area contributed by atoms with E-state index in [1.165, 1.54) is 0 Å². The lowest BCUT2D eigenvalue weighted by molar-refractivity contribution is 0.550. The Kier molecular flexibility index (Phi) is 3.47. The first-order valence-corrected chi connectivity index (χ1v) is 8.24. The molecule has 0 N–H and O–H groups in total. The lowest BCUT2D eigenvalue weighted by Gasteiger charge is -2.08. The second-order valence-corrected chi connectivity index (χ2v) is 6.15. The third-order valence-corrected chi connectivity index (χ3v) is 4.71.